The summed E-state index contributed by atoms with van der Waals surface area (Å²) in [6.07, 6.45) is 0. The van der Waals surface area contributed by atoms with Crippen LogP contribution in [-0.4, -0.2) is 79.1 Å². The fraction of sp³-hybridized carbons (Fsp3) is 0.545. The topological polar surface area (TPSA) is 65.1 Å². The van der Waals surface area contributed by atoms with Gasteiger partial charge in [0.15, 0.2) is 0 Å². The van der Waals surface area contributed by atoms with Crippen LogP contribution in [0, 0.1) is 5.82 Å². The number of halogens is 1. The number of ether oxygens (including phenoxy) is 1. The van der Waals surface area contributed by atoms with Gasteiger partial charge in [-0.15, -0.1) is 0 Å². The van der Waals surface area contributed by atoms with Gasteiger partial charge in [-0.25, -0.2) is 14.0 Å². The molecule has 0 bridgehead atoms. The maximum atomic E-state index is 13.5. The van der Waals surface area contributed by atoms with Crippen LogP contribution in [-0.2, 0) is 9.53 Å². The lowest BCUT2D eigenvalue weighted by Gasteiger charge is -2.40. The molecule has 1 fully saturated rings. The average Bonchev–Trinajstić information content (AvgIpc) is 2.75. The number of carbonyl (C=O) groups excluding carboxylic acids is 2. The summed E-state index contributed by atoms with van der Waals surface area (Å²) in [5, 5.41) is 2.91. The molecule has 0 unspecified atom stereocenters. The predicted molar refractivity (Wildman–Crippen MR) is 112 cm³/mol. The van der Waals surface area contributed by atoms with Crippen LogP contribution in [0.1, 0.15) is 32.4 Å². The van der Waals surface area contributed by atoms with E-state index < -0.39 is 12.0 Å². The third-order valence-corrected chi connectivity index (χ3v) is 5.74. The molecule has 1 saturated heterocycles. The lowest BCUT2D eigenvalue weighted by atomic mass is 9.94. The van der Waals surface area contributed by atoms with Crippen molar-refractivity contribution in [3.63, 3.8) is 0 Å². The first kappa shape index (κ1) is 22.2. The van der Waals surface area contributed by atoms with Crippen molar-refractivity contribution in [3.05, 3.63) is 46.9 Å². The number of likely N-dealkylation sites (N-methyl/N-ethyl adjacent to an activating group) is 2. The van der Waals surface area contributed by atoms with E-state index in [2.05, 4.69) is 22.0 Å². The molecule has 1 N–H and O–H groups in total. The van der Waals surface area contributed by atoms with E-state index in [1.165, 1.54) is 12.1 Å². The third kappa shape index (κ3) is 4.82. The van der Waals surface area contributed by atoms with Gasteiger partial charge in [-0.2, -0.15) is 0 Å². The quantitative estimate of drug-likeness (QED) is 0.689. The van der Waals surface area contributed by atoms with E-state index in [1.807, 2.05) is 6.92 Å². The molecule has 0 spiro atoms. The zero-order valence-corrected chi connectivity index (χ0v) is 18.0. The van der Waals surface area contributed by atoms with Crippen LogP contribution in [0.25, 0.3) is 0 Å². The van der Waals surface area contributed by atoms with E-state index in [0.717, 1.165) is 32.7 Å². The molecule has 0 saturated carbocycles. The number of nitrogens with zero attached hydrogens (tertiary/aromatic N) is 3. The van der Waals surface area contributed by atoms with Gasteiger partial charge in [0.05, 0.1) is 18.2 Å². The number of carbonyl (C=O) groups is 2. The first-order chi connectivity index (χ1) is 14.5. The molecule has 1 atom stereocenters. The molecule has 0 radical (unpaired) electrons. The molecule has 2 heterocycles. The van der Waals surface area contributed by atoms with Crippen molar-refractivity contribution in [2.45, 2.75) is 26.8 Å². The van der Waals surface area contributed by atoms with Gasteiger partial charge < -0.3 is 15.0 Å². The summed E-state index contributed by atoms with van der Waals surface area (Å²) >= 11 is 0. The maximum Gasteiger partial charge on any atom is 0.338 e. The summed E-state index contributed by atoms with van der Waals surface area (Å²) in [7, 11) is 0. The molecule has 1 aromatic carbocycles. The van der Waals surface area contributed by atoms with E-state index in [9.17, 15) is 14.0 Å². The zero-order chi connectivity index (χ0) is 21.7. The summed E-state index contributed by atoms with van der Waals surface area (Å²) in [5.74, 6) is -0.820. The van der Waals surface area contributed by atoms with Gasteiger partial charge in [0.2, 0.25) is 0 Å². The number of benzene rings is 1. The minimum atomic E-state index is -0.674. The number of urea groups is 1. The van der Waals surface area contributed by atoms with Crippen LogP contribution in [0.3, 0.4) is 0 Å². The fourth-order valence-corrected chi connectivity index (χ4v) is 4.04. The molecular weight excluding hydrogens is 387 g/mol. The largest absolute Gasteiger partial charge is 0.463 e. The molecule has 0 aromatic heterocycles. The van der Waals surface area contributed by atoms with Crippen molar-refractivity contribution in [2.24, 2.45) is 0 Å². The van der Waals surface area contributed by atoms with E-state index in [-0.39, 0.29) is 18.5 Å². The Morgan fingerprint density at radius 2 is 1.70 bits per heavy atom. The zero-order valence-electron chi connectivity index (χ0n) is 18.0. The van der Waals surface area contributed by atoms with Crippen molar-refractivity contribution >= 4 is 12.0 Å². The second-order valence-electron chi connectivity index (χ2n) is 7.47. The Balaban J connectivity index is 2.00. The smallest absolute Gasteiger partial charge is 0.338 e. The molecule has 2 aliphatic rings. The van der Waals surface area contributed by atoms with Gasteiger partial charge in [0.25, 0.3) is 0 Å². The molecule has 30 heavy (non-hydrogen) atoms. The summed E-state index contributed by atoms with van der Waals surface area (Å²) in [4.78, 5) is 32.1. The van der Waals surface area contributed by atoms with Gasteiger partial charge >= 0.3 is 12.0 Å². The Morgan fingerprint density at radius 1 is 1.07 bits per heavy atom. The molecule has 8 heteroatoms. The molecule has 1 aromatic rings. The molecule has 3 rings (SSSR count). The van der Waals surface area contributed by atoms with Crippen molar-refractivity contribution in [1.29, 1.82) is 0 Å². The normalized spacial score (nSPS) is 21.0. The minimum Gasteiger partial charge on any atom is -0.463 e. The number of piperazine rings is 1. The first-order valence-electron chi connectivity index (χ1n) is 10.7. The molecule has 164 valence electrons. The Hall–Kier alpha value is -2.45. The highest BCUT2D eigenvalue weighted by atomic mass is 19.1. The van der Waals surface area contributed by atoms with E-state index in [1.54, 1.807) is 24.0 Å². The van der Waals surface area contributed by atoms with Crippen molar-refractivity contribution < 1.29 is 18.7 Å². The number of hydrogen-bond donors (Lipinski definition) is 1. The Morgan fingerprint density at radius 3 is 2.27 bits per heavy atom. The van der Waals surface area contributed by atoms with Gasteiger partial charge in [-0.3, -0.25) is 9.80 Å². The minimum absolute atomic E-state index is 0.237. The van der Waals surface area contributed by atoms with Crippen molar-refractivity contribution in [3.8, 4) is 0 Å². The number of esters is 1. The SMILES string of the molecule is CCOC(=O)C1=C(CN2CCN(CC)CC2)N(CC)C(=O)N[C@@H]1c1ccc(F)cc1. The molecule has 0 aliphatic carbocycles. The Bertz CT molecular complexity index is 788. The second kappa shape index (κ2) is 10.0. The van der Waals surface area contributed by atoms with Crippen LogP contribution in [0.5, 0.6) is 0 Å². The average molecular weight is 419 g/mol. The first-order valence-corrected chi connectivity index (χ1v) is 10.7. The van der Waals surface area contributed by atoms with Crippen molar-refractivity contribution in [2.75, 3.05) is 52.4 Å². The standard InChI is InChI=1S/C22H31FN4O3/c1-4-25-11-13-26(14-12-25)15-18-19(21(28)30-6-3)20(24-22(29)27(18)5-2)16-7-9-17(23)10-8-16/h7-10,20H,4-6,11-15H2,1-3H3,(H,24,29)/t20-/m1/s1. The monoisotopic (exact) mass is 418 g/mol. The highest BCUT2D eigenvalue weighted by Crippen LogP contribution is 2.32. The summed E-state index contributed by atoms with van der Waals surface area (Å²) in [6, 6.07) is 4.92. The van der Waals surface area contributed by atoms with Crippen molar-refractivity contribution in [1.82, 2.24) is 20.0 Å². The highest BCUT2D eigenvalue weighted by molar-refractivity contribution is 5.95. The molecule has 2 amide bonds. The second-order valence-corrected chi connectivity index (χ2v) is 7.47. The summed E-state index contributed by atoms with van der Waals surface area (Å²) < 4.78 is 18.8. The van der Waals surface area contributed by atoms with Crippen LogP contribution >= 0.6 is 0 Å². The van der Waals surface area contributed by atoms with Gasteiger partial charge in [-0.1, -0.05) is 19.1 Å². The van der Waals surface area contributed by atoms with Crippen LogP contribution < -0.4 is 5.32 Å². The fourth-order valence-electron chi connectivity index (χ4n) is 4.04. The number of hydrogen-bond acceptors (Lipinski definition) is 5. The summed E-state index contributed by atoms with van der Waals surface area (Å²) in [5.41, 5.74) is 1.73. The highest BCUT2D eigenvalue weighted by Gasteiger charge is 2.38. The molecule has 7 nitrogen and oxygen atoms in total. The summed E-state index contributed by atoms with van der Waals surface area (Å²) in [6.45, 7) is 11.6. The van der Waals surface area contributed by atoms with Gasteiger partial charge in [0, 0.05) is 45.0 Å². The number of rotatable bonds is 7. The van der Waals surface area contributed by atoms with Gasteiger partial charge in [-0.05, 0) is 38.1 Å². The third-order valence-electron chi connectivity index (χ3n) is 5.74. The molecule has 2 aliphatic heterocycles. The van der Waals surface area contributed by atoms with Gasteiger partial charge in [0.1, 0.15) is 5.82 Å². The van der Waals surface area contributed by atoms with E-state index in [4.69, 9.17) is 4.74 Å². The van der Waals surface area contributed by atoms with Crippen LogP contribution in [0.4, 0.5) is 9.18 Å². The van der Waals surface area contributed by atoms with Crippen LogP contribution in [0.15, 0.2) is 35.5 Å². The predicted octanol–water partition coefficient (Wildman–Crippen LogP) is 2.37. The number of nitrogens with one attached hydrogen (secondary N) is 1. The van der Waals surface area contributed by atoms with E-state index in [0.29, 0.717) is 29.9 Å². The van der Waals surface area contributed by atoms with E-state index >= 15 is 0 Å². The Labute approximate surface area is 177 Å². The maximum absolute atomic E-state index is 13.5. The number of amides is 2. The van der Waals surface area contributed by atoms with Crippen LogP contribution in [0.2, 0.25) is 0 Å². The molecular formula is C22H31FN4O3. The lowest BCUT2D eigenvalue weighted by molar-refractivity contribution is -0.139. The lowest BCUT2D eigenvalue weighted by Crippen LogP contribution is -2.53. The Kier molecular flexibility index (Phi) is 7.44.